The van der Waals surface area contributed by atoms with E-state index in [1.54, 1.807) is 7.05 Å². The first-order chi connectivity index (χ1) is 30.1. The van der Waals surface area contributed by atoms with E-state index in [0.29, 0.717) is 40.5 Å². The predicted octanol–water partition coefficient (Wildman–Crippen LogP) is 13.2. The number of hydrogen-bond donors (Lipinski definition) is 0. The maximum atomic E-state index is 6.89. The zero-order valence-electron chi connectivity index (χ0n) is 33.6. The Labute approximate surface area is 354 Å². The van der Waals surface area contributed by atoms with Gasteiger partial charge in [0.25, 0.3) is 0 Å². The van der Waals surface area contributed by atoms with E-state index < -0.39 is 5.41 Å². The normalized spacial score (nSPS) is 13.2. The van der Waals surface area contributed by atoms with Crippen LogP contribution in [-0.2, 0) is 5.41 Å². The number of fused-ring (bicyclic) bond motifs is 5. The molecule has 2 heterocycles. The lowest BCUT2D eigenvalue weighted by Gasteiger charge is -2.34. The van der Waals surface area contributed by atoms with Gasteiger partial charge < -0.3 is 9.47 Å². The highest BCUT2D eigenvalue weighted by molar-refractivity contribution is 5.99. The Morgan fingerprint density at radius 3 is 1.69 bits per heavy atom. The Bertz CT molecular complexity index is 3120. The molecule has 9 aromatic rings. The molecule has 61 heavy (non-hydrogen) atoms. The number of benzene rings is 8. The van der Waals surface area contributed by atoms with Crippen molar-refractivity contribution in [1.29, 1.82) is 0 Å². The van der Waals surface area contributed by atoms with E-state index in [0.717, 1.165) is 50.2 Å². The fourth-order valence-electron chi connectivity index (χ4n) is 8.97. The third kappa shape index (κ3) is 6.03. The monoisotopic (exact) mass is 786 g/mol. The first kappa shape index (κ1) is 36.1. The molecule has 1 aromatic heterocycles. The molecule has 0 saturated heterocycles. The number of nitrogens with zero attached hydrogens (tertiary/aromatic N) is 4. The minimum Gasteiger partial charge on any atom is -0.449 e. The largest absolute Gasteiger partial charge is 0.449 e. The highest BCUT2D eigenvalue weighted by Crippen LogP contribution is 2.60. The van der Waals surface area contributed by atoms with Crippen LogP contribution >= 0.6 is 0 Å². The molecule has 8 aromatic carbocycles. The fourth-order valence-corrected chi connectivity index (χ4v) is 8.97. The molecular formula is C55H38N4O2. The first-order valence-corrected chi connectivity index (χ1v) is 20.4. The third-order valence-electron chi connectivity index (χ3n) is 11.9. The number of aromatic nitrogens is 3. The number of rotatable bonds is 7. The standard InChI is InChI=1S/C55H38N4O2/c1-35(56-2)37-19-16-20-39(31-37)53-57-52(36-17-6-3-7-18-36)58-54(59-53)44-27-13-12-25-42(44)38-29-30-48-49(32-38)61-51-34-47-45(33-50(51)60-48)43-26-14-15-28-46(43)55(47,40-21-8-4-9-22-40)41-23-10-5-11-24-41/h3-34H,1-2H3. The maximum absolute atomic E-state index is 6.89. The van der Waals surface area contributed by atoms with Crippen molar-refractivity contribution in [3.05, 3.63) is 222 Å². The lowest BCUT2D eigenvalue weighted by Crippen LogP contribution is -2.28. The quantitative estimate of drug-likeness (QED) is 0.151. The molecule has 2 aliphatic rings. The Hall–Kier alpha value is -7.96. The highest BCUT2D eigenvalue weighted by Gasteiger charge is 2.47. The van der Waals surface area contributed by atoms with Gasteiger partial charge in [0.15, 0.2) is 40.5 Å². The number of ether oxygens (including phenoxy) is 2. The second-order valence-electron chi connectivity index (χ2n) is 15.3. The van der Waals surface area contributed by atoms with E-state index in [-0.39, 0.29) is 0 Å². The fraction of sp³-hybridized carbons (Fsp3) is 0.0545. The van der Waals surface area contributed by atoms with Crippen molar-refractivity contribution in [3.8, 4) is 79.4 Å². The van der Waals surface area contributed by atoms with Gasteiger partial charge in [-0.2, -0.15) is 0 Å². The van der Waals surface area contributed by atoms with E-state index in [2.05, 4.69) is 138 Å². The molecule has 0 amide bonds. The van der Waals surface area contributed by atoms with Gasteiger partial charge >= 0.3 is 0 Å². The lowest BCUT2D eigenvalue weighted by atomic mass is 9.67. The van der Waals surface area contributed by atoms with Gasteiger partial charge in [0.05, 0.1) is 5.41 Å². The molecule has 0 atom stereocenters. The molecule has 0 saturated carbocycles. The topological polar surface area (TPSA) is 69.5 Å². The molecule has 6 nitrogen and oxygen atoms in total. The van der Waals surface area contributed by atoms with E-state index in [1.165, 1.54) is 22.3 Å². The summed E-state index contributed by atoms with van der Waals surface area (Å²) in [4.78, 5) is 19.6. The predicted molar refractivity (Wildman–Crippen MR) is 244 cm³/mol. The zero-order chi connectivity index (χ0) is 40.9. The molecule has 6 heteroatoms. The van der Waals surface area contributed by atoms with Crippen LogP contribution in [0.4, 0.5) is 0 Å². The van der Waals surface area contributed by atoms with Crippen molar-refractivity contribution >= 4 is 5.71 Å². The van der Waals surface area contributed by atoms with Crippen molar-refractivity contribution in [2.75, 3.05) is 7.05 Å². The summed E-state index contributed by atoms with van der Waals surface area (Å²) in [6.07, 6.45) is 0. The van der Waals surface area contributed by atoms with Gasteiger partial charge in [0, 0.05) is 29.4 Å². The van der Waals surface area contributed by atoms with Crippen LogP contribution in [0.2, 0.25) is 0 Å². The van der Waals surface area contributed by atoms with E-state index in [1.807, 2.05) is 67.6 Å². The van der Waals surface area contributed by atoms with Crippen molar-refractivity contribution in [1.82, 2.24) is 15.0 Å². The van der Waals surface area contributed by atoms with Crippen LogP contribution in [0.3, 0.4) is 0 Å². The number of hydrogen-bond acceptors (Lipinski definition) is 6. The number of aliphatic imine (C=N–C) groups is 1. The van der Waals surface area contributed by atoms with Crippen LogP contribution in [0.5, 0.6) is 23.0 Å². The SMILES string of the molecule is CN=C(C)c1cccc(-c2nc(-c3ccccc3)nc(-c3ccccc3-c3ccc4c(c3)Oc3cc5c(cc3O4)-c3ccccc3C5(c3ccccc3)c3ccccc3)n2)c1. The van der Waals surface area contributed by atoms with Gasteiger partial charge in [-0.25, -0.2) is 15.0 Å². The van der Waals surface area contributed by atoms with Gasteiger partial charge in [0.1, 0.15) is 0 Å². The molecule has 1 aliphatic heterocycles. The zero-order valence-corrected chi connectivity index (χ0v) is 33.6. The van der Waals surface area contributed by atoms with Crippen molar-refractivity contribution in [2.24, 2.45) is 4.99 Å². The van der Waals surface area contributed by atoms with Crippen LogP contribution in [0, 0.1) is 0 Å². The summed E-state index contributed by atoms with van der Waals surface area (Å²) in [6, 6.07) is 67.1. The Morgan fingerprint density at radius 2 is 0.967 bits per heavy atom. The summed E-state index contributed by atoms with van der Waals surface area (Å²) in [7, 11) is 1.80. The minimum atomic E-state index is -0.556. The lowest BCUT2D eigenvalue weighted by molar-refractivity contribution is 0.359. The molecule has 0 bridgehead atoms. The summed E-state index contributed by atoms with van der Waals surface area (Å²) in [5, 5.41) is 0. The van der Waals surface area contributed by atoms with Crippen LogP contribution in [0.15, 0.2) is 199 Å². The minimum absolute atomic E-state index is 0.556. The van der Waals surface area contributed by atoms with Gasteiger partial charge in [-0.3, -0.25) is 4.99 Å². The Kier molecular flexibility index (Phi) is 8.71. The molecule has 0 N–H and O–H groups in total. The molecule has 290 valence electrons. The van der Waals surface area contributed by atoms with Crippen molar-refractivity contribution in [2.45, 2.75) is 12.3 Å². The molecular weight excluding hydrogens is 749 g/mol. The van der Waals surface area contributed by atoms with Gasteiger partial charge in [-0.05, 0) is 87.3 Å². The third-order valence-corrected chi connectivity index (χ3v) is 11.9. The van der Waals surface area contributed by atoms with Gasteiger partial charge in [-0.15, -0.1) is 0 Å². The van der Waals surface area contributed by atoms with Crippen LogP contribution in [0.1, 0.15) is 34.7 Å². The first-order valence-electron chi connectivity index (χ1n) is 20.4. The van der Waals surface area contributed by atoms with Crippen LogP contribution < -0.4 is 9.47 Å². The van der Waals surface area contributed by atoms with Crippen molar-refractivity contribution in [3.63, 3.8) is 0 Å². The summed E-state index contributed by atoms with van der Waals surface area (Å²) >= 11 is 0. The summed E-state index contributed by atoms with van der Waals surface area (Å²) in [5.74, 6) is 4.38. The molecule has 0 unspecified atom stereocenters. The van der Waals surface area contributed by atoms with Crippen LogP contribution in [-0.4, -0.2) is 27.7 Å². The Balaban J connectivity index is 1.02. The van der Waals surface area contributed by atoms with Gasteiger partial charge in [0.2, 0.25) is 0 Å². The molecule has 11 rings (SSSR count). The second-order valence-corrected chi connectivity index (χ2v) is 15.3. The van der Waals surface area contributed by atoms with Crippen LogP contribution in [0.25, 0.3) is 56.4 Å². The second kappa shape index (κ2) is 14.7. The molecule has 0 fully saturated rings. The molecule has 1 aliphatic carbocycles. The molecule has 0 spiro atoms. The van der Waals surface area contributed by atoms with E-state index >= 15 is 0 Å². The van der Waals surface area contributed by atoms with E-state index in [9.17, 15) is 0 Å². The van der Waals surface area contributed by atoms with E-state index in [4.69, 9.17) is 24.4 Å². The average molecular weight is 787 g/mol. The highest BCUT2D eigenvalue weighted by atomic mass is 16.6. The average Bonchev–Trinajstić information content (AvgIpc) is 3.62. The summed E-state index contributed by atoms with van der Waals surface area (Å²) in [6.45, 7) is 2.00. The summed E-state index contributed by atoms with van der Waals surface area (Å²) < 4.78 is 13.6. The maximum Gasteiger partial charge on any atom is 0.170 e. The van der Waals surface area contributed by atoms with Crippen molar-refractivity contribution < 1.29 is 9.47 Å². The Morgan fingerprint density at radius 1 is 0.410 bits per heavy atom. The van der Waals surface area contributed by atoms with Gasteiger partial charge in [-0.1, -0.05) is 164 Å². The summed E-state index contributed by atoms with van der Waals surface area (Å²) in [5.41, 5.74) is 13.0. The molecule has 0 radical (unpaired) electrons. The smallest absolute Gasteiger partial charge is 0.170 e.